The van der Waals surface area contributed by atoms with Crippen molar-refractivity contribution in [1.29, 1.82) is 0 Å². The number of carbonyl (C=O) groups is 2. The highest BCUT2D eigenvalue weighted by molar-refractivity contribution is 5.91. The van der Waals surface area contributed by atoms with Gasteiger partial charge in [0.25, 0.3) is 0 Å². The molecule has 6 nitrogen and oxygen atoms in total. The van der Waals surface area contributed by atoms with Gasteiger partial charge >= 0.3 is 11.9 Å². The van der Waals surface area contributed by atoms with Gasteiger partial charge in [-0.1, -0.05) is 12.1 Å². The second-order valence-corrected chi connectivity index (χ2v) is 4.95. The van der Waals surface area contributed by atoms with Crippen LogP contribution >= 0.6 is 0 Å². The van der Waals surface area contributed by atoms with E-state index in [1.54, 1.807) is 12.1 Å². The minimum Gasteiger partial charge on any atom is -0.481 e. The smallest absolute Gasteiger partial charge is 0.311 e. The molecule has 1 aromatic carbocycles. The number of aromatic amines is 1. The zero-order valence-corrected chi connectivity index (χ0v) is 11.5. The second kappa shape index (κ2) is 6.41. The van der Waals surface area contributed by atoms with E-state index in [0.717, 1.165) is 16.5 Å². The Morgan fingerprint density at radius 1 is 1.29 bits per heavy atom. The molecule has 0 amide bonds. The predicted molar refractivity (Wildman–Crippen MR) is 78.3 cm³/mol. The minimum atomic E-state index is -1.01. The summed E-state index contributed by atoms with van der Waals surface area (Å²) >= 11 is 0. The third-order valence-corrected chi connectivity index (χ3v) is 3.55. The summed E-state index contributed by atoms with van der Waals surface area (Å²) in [6, 6.07) is 5.39. The van der Waals surface area contributed by atoms with Crippen molar-refractivity contribution in [1.82, 2.24) is 4.98 Å². The van der Waals surface area contributed by atoms with E-state index in [-0.39, 0.29) is 12.8 Å². The zero-order chi connectivity index (χ0) is 15.4. The van der Waals surface area contributed by atoms with Crippen LogP contribution in [-0.2, 0) is 16.0 Å². The summed E-state index contributed by atoms with van der Waals surface area (Å²) in [5.41, 5.74) is 8.04. The Bertz CT molecular complexity index is 663. The molecule has 0 aliphatic carbocycles. The van der Waals surface area contributed by atoms with Crippen molar-refractivity contribution in [3.05, 3.63) is 35.5 Å². The number of carboxylic acids is 2. The van der Waals surface area contributed by atoms with E-state index in [4.69, 9.17) is 10.8 Å². The average molecular weight is 290 g/mol. The third kappa shape index (κ3) is 3.22. The van der Waals surface area contributed by atoms with Gasteiger partial charge in [-0.2, -0.15) is 0 Å². The second-order valence-electron chi connectivity index (χ2n) is 4.95. The van der Waals surface area contributed by atoms with Crippen LogP contribution in [0.4, 0.5) is 0 Å². The van der Waals surface area contributed by atoms with E-state index in [1.165, 1.54) is 0 Å². The van der Waals surface area contributed by atoms with Crippen LogP contribution in [0, 0.1) is 0 Å². The molecule has 1 heterocycles. The molecule has 1 atom stereocenters. The van der Waals surface area contributed by atoms with Gasteiger partial charge in [0.2, 0.25) is 0 Å². The molecule has 0 radical (unpaired) electrons. The van der Waals surface area contributed by atoms with Crippen LogP contribution in [0.3, 0.4) is 0 Å². The molecule has 21 heavy (non-hydrogen) atoms. The lowest BCUT2D eigenvalue weighted by atomic mass is 9.90. The number of aliphatic carboxylic acids is 2. The Labute approximate surface area is 121 Å². The van der Waals surface area contributed by atoms with E-state index in [9.17, 15) is 14.7 Å². The van der Waals surface area contributed by atoms with Gasteiger partial charge in [-0.3, -0.25) is 9.59 Å². The van der Waals surface area contributed by atoms with Crippen molar-refractivity contribution >= 4 is 22.8 Å². The molecule has 1 unspecified atom stereocenters. The molecule has 0 fully saturated rings. The van der Waals surface area contributed by atoms with Crippen molar-refractivity contribution in [2.45, 2.75) is 25.2 Å². The summed E-state index contributed by atoms with van der Waals surface area (Å²) in [5, 5.41) is 19.1. The van der Waals surface area contributed by atoms with E-state index in [1.807, 2.05) is 12.3 Å². The fourth-order valence-electron chi connectivity index (χ4n) is 2.61. The molecule has 0 aliphatic rings. The number of carboxylic acid groups (broad SMARTS) is 2. The molecule has 0 spiro atoms. The molecule has 5 N–H and O–H groups in total. The van der Waals surface area contributed by atoms with Gasteiger partial charge < -0.3 is 20.9 Å². The van der Waals surface area contributed by atoms with Crippen LogP contribution in [0.5, 0.6) is 0 Å². The summed E-state index contributed by atoms with van der Waals surface area (Å²) in [6.45, 7) is 0.466. The number of aromatic nitrogens is 1. The first kappa shape index (κ1) is 15.1. The molecule has 2 rings (SSSR count). The fraction of sp³-hybridized carbons (Fsp3) is 0.333. The maximum atomic E-state index is 11.5. The Morgan fingerprint density at radius 3 is 2.67 bits per heavy atom. The van der Waals surface area contributed by atoms with E-state index in [0.29, 0.717) is 18.5 Å². The molecule has 6 heteroatoms. The average Bonchev–Trinajstić information content (AvgIpc) is 2.83. The van der Waals surface area contributed by atoms with Gasteiger partial charge in [-0.15, -0.1) is 0 Å². The van der Waals surface area contributed by atoms with Crippen molar-refractivity contribution in [2.24, 2.45) is 5.73 Å². The standard InChI is InChI=1S/C15H18N2O4/c16-7-6-9-8-17-12-3-1-2-10(14(9)12)11(15(20)21)4-5-13(18)19/h1-3,8,11,17H,4-7,16H2,(H,18,19)(H,20,21). The Kier molecular flexibility index (Phi) is 4.59. The summed E-state index contributed by atoms with van der Waals surface area (Å²) in [4.78, 5) is 25.4. The largest absolute Gasteiger partial charge is 0.481 e. The molecule has 0 saturated heterocycles. The van der Waals surface area contributed by atoms with E-state index in [2.05, 4.69) is 4.98 Å². The van der Waals surface area contributed by atoms with Crippen LogP contribution < -0.4 is 5.73 Å². The van der Waals surface area contributed by atoms with Gasteiger partial charge in [0.1, 0.15) is 0 Å². The summed E-state index contributed by atoms with van der Waals surface area (Å²) in [7, 11) is 0. The van der Waals surface area contributed by atoms with Crippen LogP contribution in [0.2, 0.25) is 0 Å². The molecule has 0 aliphatic heterocycles. The first-order valence-corrected chi connectivity index (χ1v) is 6.78. The maximum absolute atomic E-state index is 11.5. The van der Waals surface area contributed by atoms with Crippen LogP contribution in [0.15, 0.2) is 24.4 Å². The maximum Gasteiger partial charge on any atom is 0.311 e. The molecule has 0 saturated carbocycles. The highest BCUT2D eigenvalue weighted by atomic mass is 16.4. The van der Waals surface area contributed by atoms with Crippen molar-refractivity contribution in [3.8, 4) is 0 Å². The van der Waals surface area contributed by atoms with Gasteiger partial charge in [0, 0.05) is 23.5 Å². The number of rotatable bonds is 7. The zero-order valence-electron chi connectivity index (χ0n) is 11.5. The van der Waals surface area contributed by atoms with Crippen LogP contribution in [0.25, 0.3) is 10.9 Å². The minimum absolute atomic E-state index is 0.0665. The monoisotopic (exact) mass is 290 g/mol. The Morgan fingerprint density at radius 2 is 2.05 bits per heavy atom. The number of hydrogen-bond acceptors (Lipinski definition) is 3. The van der Waals surface area contributed by atoms with Crippen molar-refractivity contribution in [3.63, 3.8) is 0 Å². The van der Waals surface area contributed by atoms with Crippen molar-refractivity contribution < 1.29 is 19.8 Å². The number of benzene rings is 1. The molecule has 0 bridgehead atoms. The highest BCUT2D eigenvalue weighted by Gasteiger charge is 2.24. The number of fused-ring (bicyclic) bond motifs is 1. The number of nitrogens with two attached hydrogens (primary N) is 1. The van der Waals surface area contributed by atoms with Crippen LogP contribution in [-0.4, -0.2) is 33.7 Å². The predicted octanol–water partition coefficient (Wildman–Crippen LogP) is 1.70. The highest BCUT2D eigenvalue weighted by Crippen LogP contribution is 2.31. The van der Waals surface area contributed by atoms with Crippen molar-refractivity contribution in [2.75, 3.05) is 6.54 Å². The quantitative estimate of drug-likeness (QED) is 0.619. The number of hydrogen-bond donors (Lipinski definition) is 4. The van der Waals surface area contributed by atoms with Gasteiger partial charge in [-0.05, 0) is 36.6 Å². The summed E-state index contributed by atoms with van der Waals surface area (Å²) in [6.07, 6.45) is 2.36. The first-order chi connectivity index (χ1) is 10.0. The topological polar surface area (TPSA) is 116 Å². The lowest BCUT2D eigenvalue weighted by Gasteiger charge is -2.14. The van der Waals surface area contributed by atoms with Gasteiger partial charge in [0.15, 0.2) is 0 Å². The number of H-pyrrole nitrogens is 1. The Hall–Kier alpha value is -2.34. The van der Waals surface area contributed by atoms with E-state index >= 15 is 0 Å². The Balaban J connectivity index is 2.48. The molecule has 112 valence electrons. The lowest BCUT2D eigenvalue weighted by molar-refractivity contribution is -0.140. The first-order valence-electron chi connectivity index (χ1n) is 6.78. The normalized spacial score (nSPS) is 12.4. The van der Waals surface area contributed by atoms with Gasteiger partial charge in [-0.25, -0.2) is 0 Å². The SMILES string of the molecule is NCCc1c[nH]c2cccc(C(CCC(=O)O)C(=O)O)c12. The molecule has 1 aromatic heterocycles. The third-order valence-electron chi connectivity index (χ3n) is 3.55. The molecular weight excluding hydrogens is 272 g/mol. The van der Waals surface area contributed by atoms with Crippen LogP contribution in [0.1, 0.15) is 29.9 Å². The summed E-state index contributed by atoms with van der Waals surface area (Å²) < 4.78 is 0. The summed E-state index contributed by atoms with van der Waals surface area (Å²) in [5.74, 6) is -2.84. The van der Waals surface area contributed by atoms with Gasteiger partial charge in [0.05, 0.1) is 5.92 Å². The lowest BCUT2D eigenvalue weighted by Crippen LogP contribution is -2.14. The van der Waals surface area contributed by atoms with E-state index < -0.39 is 17.9 Å². The fourth-order valence-corrected chi connectivity index (χ4v) is 2.61. The number of nitrogens with one attached hydrogen (secondary N) is 1. The molecule has 2 aromatic rings. The molecular formula is C15H18N2O4.